The van der Waals surface area contributed by atoms with Crippen molar-refractivity contribution in [2.24, 2.45) is 0 Å². The van der Waals surface area contributed by atoms with Crippen LogP contribution in [0.15, 0.2) is 188 Å². The molecule has 0 saturated carbocycles. The lowest BCUT2D eigenvalue weighted by atomic mass is 9.72. The zero-order chi connectivity index (χ0) is 35.5. The number of rotatable bonds is 5. The lowest BCUT2D eigenvalue weighted by molar-refractivity contribution is 0.632. The van der Waals surface area contributed by atoms with Crippen LogP contribution in [0.25, 0.3) is 64.7 Å². The maximum atomic E-state index is 2.50. The van der Waals surface area contributed by atoms with Crippen LogP contribution in [0.3, 0.4) is 0 Å². The molecule has 0 amide bonds. The van der Waals surface area contributed by atoms with Gasteiger partial charge in [-0.1, -0.05) is 141 Å². The van der Waals surface area contributed by atoms with Gasteiger partial charge in [-0.3, -0.25) is 0 Å². The van der Waals surface area contributed by atoms with E-state index in [1.807, 2.05) is 11.3 Å². The number of nitrogens with zero attached hydrogens (tertiary/aromatic N) is 1. The quantitative estimate of drug-likeness (QED) is 0.173. The van der Waals surface area contributed by atoms with E-state index < -0.39 is 0 Å². The Morgan fingerprint density at radius 2 is 0.811 bits per heavy atom. The summed E-state index contributed by atoms with van der Waals surface area (Å²) in [6, 6.07) is 69.3. The topological polar surface area (TPSA) is 3.24 Å². The first kappa shape index (κ1) is 31.5. The molecule has 9 aromatic rings. The van der Waals surface area contributed by atoms with Crippen molar-refractivity contribution in [3.05, 3.63) is 199 Å². The van der Waals surface area contributed by atoms with Crippen molar-refractivity contribution in [1.82, 2.24) is 0 Å². The third-order valence-corrected chi connectivity index (χ3v) is 12.2. The predicted octanol–water partition coefficient (Wildman–Crippen LogP) is 14.8. The summed E-state index contributed by atoms with van der Waals surface area (Å²) in [5.74, 6) is 0. The first-order chi connectivity index (χ1) is 26.0. The Labute approximate surface area is 315 Å². The van der Waals surface area contributed by atoms with Crippen LogP contribution in [0.1, 0.15) is 25.0 Å². The number of hydrogen-bond donors (Lipinski definition) is 0. The van der Waals surface area contributed by atoms with Gasteiger partial charge in [0, 0.05) is 31.3 Å². The molecule has 0 bridgehead atoms. The van der Waals surface area contributed by atoms with E-state index in [0.717, 1.165) is 5.69 Å². The second-order valence-electron chi connectivity index (χ2n) is 14.6. The molecule has 0 saturated heterocycles. The monoisotopic (exact) mass is 695 g/mol. The van der Waals surface area contributed by atoms with E-state index in [0.29, 0.717) is 0 Å². The van der Waals surface area contributed by atoms with Crippen LogP contribution in [0.5, 0.6) is 0 Å². The minimum atomic E-state index is -0.263. The van der Waals surface area contributed by atoms with Crippen molar-refractivity contribution in [2.75, 3.05) is 4.90 Å². The molecule has 0 atom stereocenters. The highest BCUT2D eigenvalue weighted by Crippen LogP contribution is 2.54. The normalized spacial score (nSPS) is 13.2. The highest BCUT2D eigenvalue weighted by atomic mass is 32.1. The van der Waals surface area contributed by atoms with Gasteiger partial charge in [0.2, 0.25) is 0 Å². The van der Waals surface area contributed by atoms with Gasteiger partial charge in [-0.05, 0) is 116 Å². The lowest BCUT2D eigenvalue weighted by Gasteiger charge is -2.43. The molecule has 1 nitrogen and oxygen atoms in total. The van der Waals surface area contributed by atoms with Crippen LogP contribution in [-0.2, 0) is 5.41 Å². The molecule has 1 aromatic heterocycles. The Kier molecular flexibility index (Phi) is 7.42. The second-order valence-corrected chi connectivity index (χ2v) is 15.7. The zero-order valence-corrected chi connectivity index (χ0v) is 30.6. The van der Waals surface area contributed by atoms with Crippen molar-refractivity contribution in [3.8, 4) is 44.5 Å². The highest BCUT2D eigenvalue weighted by Gasteiger charge is 2.38. The molecule has 10 rings (SSSR count). The summed E-state index contributed by atoms with van der Waals surface area (Å²) in [6.07, 6.45) is 0. The summed E-state index contributed by atoms with van der Waals surface area (Å²) < 4.78 is 2.66. The number of fused-ring (bicyclic) bond motifs is 5. The predicted molar refractivity (Wildman–Crippen MR) is 228 cm³/mol. The van der Waals surface area contributed by atoms with E-state index in [1.54, 1.807) is 0 Å². The van der Waals surface area contributed by atoms with Gasteiger partial charge in [-0.2, -0.15) is 0 Å². The number of benzene rings is 8. The van der Waals surface area contributed by atoms with E-state index in [2.05, 4.69) is 207 Å². The van der Waals surface area contributed by atoms with Crippen LogP contribution < -0.4 is 4.90 Å². The van der Waals surface area contributed by atoms with Gasteiger partial charge in [-0.15, -0.1) is 11.3 Å². The van der Waals surface area contributed by atoms with E-state index >= 15 is 0 Å². The largest absolute Gasteiger partial charge is 0.310 e. The number of thiophene rings is 1. The molecule has 0 unspecified atom stereocenters. The average Bonchev–Trinajstić information content (AvgIpc) is 3.60. The van der Waals surface area contributed by atoms with Crippen LogP contribution in [-0.4, -0.2) is 0 Å². The van der Waals surface area contributed by atoms with Crippen molar-refractivity contribution < 1.29 is 0 Å². The molecule has 0 fully saturated rings. The molecular formula is C51H37NS. The van der Waals surface area contributed by atoms with E-state index in [1.165, 1.54) is 87.2 Å². The highest BCUT2D eigenvalue weighted by molar-refractivity contribution is 7.25. The van der Waals surface area contributed by atoms with Gasteiger partial charge in [0.15, 0.2) is 0 Å². The molecule has 0 spiro atoms. The Bertz CT molecular complexity index is 2740. The summed E-state index contributed by atoms with van der Waals surface area (Å²) in [5.41, 5.74) is 15.7. The summed E-state index contributed by atoms with van der Waals surface area (Å²) in [6.45, 7) is 4.79. The third-order valence-electron chi connectivity index (χ3n) is 11.0. The summed E-state index contributed by atoms with van der Waals surface area (Å²) in [4.78, 5) is 2.50. The Hall–Kier alpha value is -6.22. The molecule has 2 heteroatoms. The molecule has 2 heterocycles. The Morgan fingerprint density at radius 3 is 1.40 bits per heavy atom. The van der Waals surface area contributed by atoms with Crippen molar-refractivity contribution in [2.45, 2.75) is 19.3 Å². The van der Waals surface area contributed by atoms with Crippen molar-refractivity contribution in [3.63, 3.8) is 0 Å². The smallest absolute Gasteiger partial charge is 0.0503 e. The fourth-order valence-electron chi connectivity index (χ4n) is 8.25. The first-order valence-electron chi connectivity index (χ1n) is 18.3. The summed E-state index contributed by atoms with van der Waals surface area (Å²) in [7, 11) is 0. The van der Waals surface area contributed by atoms with Gasteiger partial charge >= 0.3 is 0 Å². The van der Waals surface area contributed by atoms with E-state index in [9.17, 15) is 0 Å². The second kappa shape index (κ2) is 12.5. The Balaban J connectivity index is 1.21. The molecule has 1 aliphatic rings. The van der Waals surface area contributed by atoms with Crippen LogP contribution in [0.2, 0.25) is 0 Å². The van der Waals surface area contributed by atoms with E-state index in [-0.39, 0.29) is 5.41 Å². The molecule has 53 heavy (non-hydrogen) atoms. The van der Waals surface area contributed by atoms with Gasteiger partial charge in [0.05, 0.1) is 11.4 Å². The Morgan fingerprint density at radius 1 is 0.358 bits per heavy atom. The standard InChI is InChI=1S/C51H37NS/c1-51(2)45-32-38(34-14-6-3-7-15-34)22-25-47(45)52(42-29-40(35-16-8-4-9-17-35)28-41(30-42)36-18-10-5-11-19-36)48-26-23-39(33-46(48)51)37-24-27-50-44(31-37)43-20-12-13-21-49(43)53-50/h3-33H,1-2H3. The van der Waals surface area contributed by atoms with Crippen LogP contribution in [0.4, 0.5) is 17.1 Å². The molecule has 0 N–H and O–H groups in total. The number of anilines is 3. The van der Waals surface area contributed by atoms with Crippen molar-refractivity contribution in [1.29, 1.82) is 0 Å². The maximum Gasteiger partial charge on any atom is 0.0503 e. The molecule has 252 valence electrons. The summed E-state index contributed by atoms with van der Waals surface area (Å²) >= 11 is 1.87. The fraction of sp³-hybridized carbons (Fsp3) is 0.0588. The van der Waals surface area contributed by atoms with Gasteiger partial charge in [0.25, 0.3) is 0 Å². The summed E-state index contributed by atoms with van der Waals surface area (Å²) in [5, 5.41) is 2.65. The minimum Gasteiger partial charge on any atom is -0.310 e. The first-order valence-corrected chi connectivity index (χ1v) is 19.2. The number of hydrogen-bond acceptors (Lipinski definition) is 2. The zero-order valence-electron chi connectivity index (χ0n) is 29.8. The minimum absolute atomic E-state index is 0.263. The molecule has 0 aliphatic carbocycles. The fourth-order valence-corrected chi connectivity index (χ4v) is 9.33. The third kappa shape index (κ3) is 5.37. The molecule has 8 aromatic carbocycles. The molecular weight excluding hydrogens is 659 g/mol. The maximum absolute atomic E-state index is 2.50. The van der Waals surface area contributed by atoms with Gasteiger partial charge in [0.1, 0.15) is 0 Å². The lowest BCUT2D eigenvalue weighted by Crippen LogP contribution is -2.30. The van der Waals surface area contributed by atoms with Crippen LogP contribution >= 0.6 is 11.3 Å². The van der Waals surface area contributed by atoms with E-state index in [4.69, 9.17) is 0 Å². The van der Waals surface area contributed by atoms with Gasteiger partial charge < -0.3 is 4.90 Å². The van der Waals surface area contributed by atoms with Crippen molar-refractivity contribution >= 4 is 48.6 Å². The SMILES string of the molecule is CC1(C)c2cc(-c3ccccc3)ccc2N(c2cc(-c3ccccc3)cc(-c3ccccc3)c2)c2ccc(-c3ccc4sc5ccccc5c4c3)cc21. The average molecular weight is 696 g/mol. The molecule has 1 aliphatic heterocycles. The van der Waals surface area contributed by atoms with Gasteiger partial charge in [-0.25, -0.2) is 0 Å². The van der Waals surface area contributed by atoms with Crippen LogP contribution in [0, 0.1) is 0 Å². The molecule has 0 radical (unpaired) electrons.